The summed E-state index contributed by atoms with van der Waals surface area (Å²) in [5, 5.41) is 19.7. The zero-order chi connectivity index (χ0) is 16.4. The summed E-state index contributed by atoms with van der Waals surface area (Å²) in [4.78, 5) is 12.7. The number of ketones is 1. The van der Waals surface area contributed by atoms with Crippen molar-refractivity contribution in [1.82, 2.24) is 0 Å². The molecule has 2 aromatic rings. The van der Waals surface area contributed by atoms with Gasteiger partial charge in [-0.3, -0.25) is 4.79 Å². The van der Waals surface area contributed by atoms with Crippen LogP contribution in [-0.2, 0) is 0 Å². The van der Waals surface area contributed by atoms with Crippen LogP contribution in [0.15, 0.2) is 36.4 Å². The lowest BCUT2D eigenvalue weighted by Crippen LogP contribution is -2.04. The summed E-state index contributed by atoms with van der Waals surface area (Å²) < 4.78 is 0. The highest BCUT2D eigenvalue weighted by molar-refractivity contribution is 6.09. The van der Waals surface area contributed by atoms with Crippen LogP contribution < -0.4 is 0 Å². The number of phenolic OH excluding ortho intramolecular Hbond substituents is 2. The van der Waals surface area contributed by atoms with Gasteiger partial charge in [-0.1, -0.05) is 27.7 Å². The van der Waals surface area contributed by atoms with Gasteiger partial charge in [0.25, 0.3) is 0 Å². The van der Waals surface area contributed by atoms with Crippen LogP contribution in [0, 0.1) is 0 Å². The molecule has 0 unspecified atom stereocenters. The first-order valence-electron chi connectivity index (χ1n) is 7.51. The lowest BCUT2D eigenvalue weighted by atomic mass is 9.93. The summed E-state index contributed by atoms with van der Waals surface area (Å²) >= 11 is 0. The highest BCUT2D eigenvalue weighted by atomic mass is 16.3. The Bertz CT molecular complexity index is 640. The molecular formula is C19H22O3. The van der Waals surface area contributed by atoms with E-state index in [0.29, 0.717) is 11.1 Å². The van der Waals surface area contributed by atoms with Crippen LogP contribution in [0.5, 0.6) is 11.5 Å². The van der Waals surface area contributed by atoms with Gasteiger partial charge in [0.15, 0.2) is 5.78 Å². The Kier molecular flexibility index (Phi) is 4.55. The molecule has 0 bridgehead atoms. The monoisotopic (exact) mass is 298 g/mol. The van der Waals surface area contributed by atoms with Crippen LogP contribution >= 0.6 is 0 Å². The molecule has 116 valence electrons. The SMILES string of the molecule is CC(C)c1cc(C(=O)c2ccc(O)c(C(C)C)c2)ccc1O. The molecule has 2 rings (SSSR count). The molecular weight excluding hydrogens is 276 g/mol. The molecule has 2 N–H and O–H groups in total. The normalized spacial score (nSPS) is 11.2. The van der Waals surface area contributed by atoms with E-state index < -0.39 is 0 Å². The van der Waals surface area contributed by atoms with E-state index in [2.05, 4.69) is 0 Å². The van der Waals surface area contributed by atoms with Crippen LogP contribution in [-0.4, -0.2) is 16.0 Å². The van der Waals surface area contributed by atoms with Crippen molar-refractivity contribution in [2.24, 2.45) is 0 Å². The zero-order valence-corrected chi connectivity index (χ0v) is 13.4. The zero-order valence-electron chi connectivity index (χ0n) is 13.4. The molecule has 0 saturated carbocycles. The van der Waals surface area contributed by atoms with Crippen LogP contribution in [0.2, 0.25) is 0 Å². The van der Waals surface area contributed by atoms with Crippen molar-refractivity contribution in [3.8, 4) is 11.5 Å². The van der Waals surface area contributed by atoms with Crippen molar-refractivity contribution in [1.29, 1.82) is 0 Å². The molecule has 3 nitrogen and oxygen atoms in total. The minimum atomic E-state index is -0.108. The first kappa shape index (κ1) is 16.1. The minimum absolute atomic E-state index is 0.108. The Hall–Kier alpha value is -2.29. The maximum Gasteiger partial charge on any atom is 0.193 e. The second-order valence-electron chi connectivity index (χ2n) is 6.19. The third-order valence-electron chi connectivity index (χ3n) is 3.82. The molecule has 0 aliphatic heterocycles. The molecule has 0 heterocycles. The smallest absolute Gasteiger partial charge is 0.193 e. The quantitative estimate of drug-likeness (QED) is 0.813. The van der Waals surface area contributed by atoms with Crippen molar-refractivity contribution in [3.05, 3.63) is 58.7 Å². The molecule has 22 heavy (non-hydrogen) atoms. The van der Waals surface area contributed by atoms with Gasteiger partial charge >= 0.3 is 0 Å². The molecule has 0 amide bonds. The van der Waals surface area contributed by atoms with E-state index in [1.807, 2.05) is 27.7 Å². The fourth-order valence-electron chi connectivity index (χ4n) is 2.48. The first-order valence-corrected chi connectivity index (χ1v) is 7.51. The molecule has 0 saturated heterocycles. The van der Waals surface area contributed by atoms with Crippen molar-refractivity contribution in [3.63, 3.8) is 0 Å². The summed E-state index contributed by atoms with van der Waals surface area (Å²) in [6, 6.07) is 9.87. The third kappa shape index (κ3) is 3.14. The molecule has 0 aromatic heterocycles. The Balaban J connectivity index is 2.44. The maximum absolute atomic E-state index is 12.7. The van der Waals surface area contributed by atoms with Gasteiger partial charge in [-0.25, -0.2) is 0 Å². The fourth-order valence-corrected chi connectivity index (χ4v) is 2.48. The highest BCUT2D eigenvalue weighted by Crippen LogP contribution is 2.29. The van der Waals surface area contributed by atoms with E-state index >= 15 is 0 Å². The maximum atomic E-state index is 12.7. The van der Waals surface area contributed by atoms with Gasteiger partial charge in [0.05, 0.1) is 0 Å². The van der Waals surface area contributed by atoms with Crippen molar-refractivity contribution in [2.75, 3.05) is 0 Å². The number of hydrogen-bond acceptors (Lipinski definition) is 3. The van der Waals surface area contributed by atoms with Crippen molar-refractivity contribution in [2.45, 2.75) is 39.5 Å². The molecule has 3 heteroatoms. The van der Waals surface area contributed by atoms with Gasteiger partial charge in [0.2, 0.25) is 0 Å². The number of hydrogen-bond donors (Lipinski definition) is 2. The predicted octanol–water partition coefficient (Wildman–Crippen LogP) is 4.58. The van der Waals surface area contributed by atoms with Gasteiger partial charge in [-0.2, -0.15) is 0 Å². The Morgan fingerprint density at radius 2 is 1.14 bits per heavy atom. The fraction of sp³-hybridized carbons (Fsp3) is 0.316. The Morgan fingerprint density at radius 1 is 0.773 bits per heavy atom. The van der Waals surface area contributed by atoms with Crippen LogP contribution in [0.1, 0.15) is 66.6 Å². The number of rotatable bonds is 4. The second-order valence-corrected chi connectivity index (χ2v) is 6.19. The molecule has 0 radical (unpaired) electrons. The van der Waals surface area contributed by atoms with E-state index in [0.717, 1.165) is 11.1 Å². The standard InChI is InChI=1S/C19H22O3/c1-11(2)15-9-13(5-7-17(15)20)19(22)14-6-8-18(21)16(10-14)12(3)4/h5-12,20-21H,1-4H3. The largest absolute Gasteiger partial charge is 0.508 e. The molecule has 0 atom stereocenters. The topological polar surface area (TPSA) is 57.5 Å². The third-order valence-corrected chi connectivity index (χ3v) is 3.82. The summed E-state index contributed by atoms with van der Waals surface area (Å²) in [6.45, 7) is 7.89. The molecule has 2 aromatic carbocycles. The average Bonchev–Trinajstić information content (AvgIpc) is 2.47. The van der Waals surface area contributed by atoms with E-state index in [1.54, 1.807) is 36.4 Å². The summed E-state index contributed by atoms with van der Waals surface area (Å²) in [6.07, 6.45) is 0. The van der Waals surface area contributed by atoms with Crippen LogP contribution in [0.25, 0.3) is 0 Å². The van der Waals surface area contributed by atoms with Gasteiger partial charge < -0.3 is 10.2 Å². The lowest BCUT2D eigenvalue weighted by molar-refractivity contribution is 0.103. The number of aromatic hydroxyl groups is 2. The van der Waals surface area contributed by atoms with Gasteiger partial charge in [0.1, 0.15) is 11.5 Å². The van der Waals surface area contributed by atoms with Gasteiger partial charge in [0, 0.05) is 11.1 Å². The van der Waals surface area contributed by atoms with Gasteiger partial charge in [-0.15, -0.1) is 0 Å². The van der Waals surface area contributed by atoms with Crippen LogP contribution in [0.4, 0.5) is 0 Å². The second kappa shape index (κ2) is 6.22. The Labute approximate surface area is 131 Å². The number of carbonyl (C=O) groups is 1. The van der Waals surface area contributed by atoms with Crippen molar-refractivity contribution < 1.29 is 15.0 Å². The summed E-state index contributed by atoms with van der Waals surface area (Å²) in [5.41, 5.74) is 2.60. The predicted molar refractivity (Wildman–Crippen MR) is 87.8 cm³/mol. The molecule has 0 fully saturated rings. The van der Waals surface area contributed by atoms with Gasteiger partial charge in [-0.05, 0) is 59.4 Å². The van der Waals surface area contributed by atoms with Crippen LogP contribution in [0.3, 0.4) is 0 Å². The molecule has 0 aliphatic rings. The summed E-state index contributed by atoms with van der Waals surface area (Å²) in [5.74, 6) is 0.585. The van der Waals surface area contributed by atoms with E-state index in [4.69, 9.17) is 0 Å². The molecule has 0 spiro atoms. The summed E-state index contributed by atoms with van der Waals surface area (Å²) in [7, 11) is 0. The number of phenols is 2. The lowest BCUT2D eigenvalue weighted by Gasteiger charge is -2.12. The van der Waals surface area contributed by atoms with E-state index in [9.17, 15) is 15.0 Å². The van der Waals surface area contributed by atoms with E-state index in [-0.39, 0.29) is 29.1 Å². The highest BCUT2D eigenvalue weighted by Gasteiger charge is 2.15. The van der Waals surface area contributed by atoms with Crippen molar-refractivity contribution >= 4 is 5.78 Å². The Morgan fingerprint density at radius 3 is 1.45 bits per heavy atom. The number of benzene rings is 2. The van der Waals surface area contributed by atoms with E-state index in [1.165, 1.54) is 0 Å². The first-order chi connectivity index (χ1) is 10.3. The average molecular weight is 298 g/mol. The minimum Gasteiger partial charge on any atom is -0.508 e. The number of carbonyl (C=O) groups excluding carboxylic acids is 1. The molecule has 0 aliphatic carbocycles.